The van der Waals surface area contributed by atoms with Crippen LogP contribution < -0.4 is 5.32 Å². The number of nitrogens with zero attached hydrogens (tertiary/aromatic N) is 3. The second kappa shape index (κ2) is 7.26. The normalized spacial score (nSPS) is 19.2. The Bertz CT molecular complexity index is 724. The maximum atomic E-state index is 12.7. The number of aryl methyl sites for hydroxylation is 2. The topological polar surface area (TPSA) is 93.6 Å². The van der Waals surface area contributed by atoms with Gasteiger partial charge in [-0.05, 0) is 31.9 Å². The lowest BCUT2D eigenvalue weighted by molar-refractivity contribution is -0.0269. The smallest absolute Gasteiger partial charge is 0.318 e. The number of hydrogen-bond donors (Lipinski definition) is 1. The minimum absolute atomic E-state index is 0.119. The van der Waals surface area contributed by atoms with Crippen molar-refractivity contribution in [1.29, 1.82) is 0 Å². The van der Waals surface area contributed by atoms with Gasteiger partial charge in [0.25, 0.3) is 0 Å². The number of nitrogens with one attached hydrogen (secondary N) is 1. The molecule has 136 valence electrons. The lowest BCUT2D eigenvalue weighted by Gasteiger charge is -2.33. The van der Waals surface area contributed by atoms with Gasteiger partial charge < -0.3 is 23.9 Å². The molecular formula is C17H24N4O4. The molecule has 1 saturated heterocycles. The van der Waals surface area contributed by atoms with E-state index in [4.69, 9.17) is 13.7 Å². The molecule has 0 radical (unpaired) electrons. The molecule has 3 heterocycles. The van der Waals surface area contributed by atoms with E-state index in [1.165, 1.54) is 0 Å². The van der Waals surface area contributed by atoms with Crippen molar-refractivity contribution in [3.63, 3.8) is 0 Å². The summed E-state index contributed by atoms with van der Waals surface area (Å²) >= 11 is 0. The zero-order chi connectivity index (χ0) is 18.0. The van der Waals surface area contributed by atoms with Crippen molar-refractivity contribution in [3.05, 3.63) is 35.4 Å². The number of amides is 2. The summed E-state index contributed by atoms with van der Waals surface area (Å²) in [6.07, 6.45) is -0.253. The van der Waals surface area contributed by atoms with Crippen molar-refractivity contribution in [3.8, 4) is 0 Å². The molecule has 2 aromatic heterocycles. The average Bonchev–Trinajstić information content (AvgIpc) is 3.20. The molecule has 1 N–H and O–H groups in total. The molecule has 2 aromatic rings. The minimum atomic E-state index is -0.333. The van der Waals surface area contributed by atoms with E-state index in [0.29, 0.717) is 31.4 Å². The molecule has 0 unspecified atom stereocenters. The van der Waals surface area contributed by atoms with E-state index in [1.807, 2.05) is 32.9 Å². The highest BCUT2D eigenvalue weighted by Crippen LogP contribution is 2.25. The van der Waals surface area contributed by atoms with Crippen molar-refractivity contribution in [1.82, 2.24) is 20.4 Å². The molecular weight excluding hydrogens is 324 g/mol. The predicted molar refractivity (Wildman–Crippen MR) is 88.9 cm³/mol. The van der Waals surface area contributed by atoms with E-state index >= 15 is 0 Å². The second-order valence-electron chi connectivity index (χ2n) is 6.60. The van der Waals surface area contributed by atoms with E-state index < -0.39 is 0 Å². The van der Waals surface area contributed by atoms with Gasteiger partial charge in [0.1, 0.15) is 23.7 Å². The van der Waals surface area contributed by atoms with Crippen molar-refractivity contribution in [2.75, 3.05) is 19.7 Å². The van der Waals surface area contributed by atoms with Gasteiger partial charge in [-0.1, -0.05) is 19.0 Å². The van der Waals surface area contributed by atoms with Crippen LogP contribution in [0.2, 0.25) is 0 Å². The van der Waals surface area contributed by atoms with Crippen LogP contribution in [0.4, 0.5) is 4.79 Å². The van der Waals surface area contributed by atoms with Crippen LogP contribution in [-0.4, -0.2) is 40.8 Å². The fraction of sp³-hybridized carbons (Fsp3) is 0.588. The lowest BCUT2D eigenvalue weighted by Crippen LogP contribution is -2.48. The van der Waals surface area contributed by atoms with Gasteiger partial charge in [0, 0.05) is 6.54 Å². The summed E-state index contributed by atoms with van der Waals surface area (Å²) in [7, 11) is 0. The fourth-order valence-electron chi connectivity index (χ4n) is 2.81. The molecule has 8 nitrogen and oxygen atoms in total. The summed E-state index contributed by atoms with van der Waals surface area (Å²) in [5.74, 6) is 2.66. The summed E-state index contributed by atoms with van der Waals surface area (Å²) in [4.78, 5) is 18.7. The zero-order valence-electron chi connectivity index (χ0n) is 15.0. The molecule has 1 fully saturated rings. The highest BCUT2D eigenvalue weighted by Gasteiger charge is 2.31. The van der Waals surface area contributed by atoms with Gasteiger partial charge in [-0.15, -0.1) is 0 Å². The van der Waals surface area contributed by atoms with Gasteiger partial charge in [0.05, 0.1) is 13.2 Å². The highest BCUT2D eigenvalue weighted by molar-refractivity contribution is 5.74. The molecule has 1 aliphatic heterocycles. The third kappa shape index (κ3) is 4.01. The summed E-state index contributed by atoms with van der Waals surface area (Å²) in [5.41, 5.74) is 0. The molecule has 0 spiro atoms. The summed E-state index contributed by atoms with van der Waals surface area (Å²) in [5, 5.41) is 6.81. The standard InChI is InChI=1S/C17H24N4O4/c1-10(2)15(16-18-12(4)20-25-16)19-17(22)21-7-8-23-14(9-21)13-6-5-11(3)24-13/h5-6,10,14-15H,7-9H2,1-4H3,(H,19,22)/t14-,15+/m0/s1. The van der Waals surface area contributed by atoms with Crippen LogP contribution in [0.5, 0.6) is 0 Å². The monoisotopic (exact) mass is 348 g/mol. The van der Waals surface area contributed by atoms with Crippen LogP contribution >= 0.6 is 0 Å². The molecule has 0 aliphatic carbocycles. The molecule has 25 heavy (non-hydrogen) atoms. The number of furan rings is 1. The first kappa shape index (κ1) is 17.5. The number of rotatable bonds is 4. The lowest BCUT2D eigenvalue weighted by atomic mass is 10.0. The van der Waals surface area contributed by atoms with E-state index in [-0.39, 0.29) is 24.1 Å². The SMILES string of the molecule is Cc1noc([C@H](NC(=O)N2CCO[C@H](c3ccc(C)o3)C2)C(C)C)n1. The third-order valence-corrected chi connectivity index (χ3v) is 4.19. The Morgan fingerprint density at radius 2 is 2.16 bits per heavy atom. The van der Waals surface area contributed by atoms with Crippen LogP contribution in [0.15, 0.2) is 21.1 Å². The van der Waals surface area contributed by atoms with Crippen molar-refractivity contribution in [2.24, 2.45) is 5.92 Å². The van der Waals surface area contributed by atoms with E-state index in [9.17, 15) is 4.79 Å². The van der Waals surface area contributed by atoms with Crippen LogP contribution in [0.1, 0.15) is 49.2 Å². The molecule has 0 saturated carbocycles. The number of urea groups is 1. The molecule has 3 rings (SSSR count). The van der Waals surface area contributed by atoms with Gasteiger partial charge in [0.15, 0.2) is 5.82 Å². The fourth-order valence-corrected chi connectivity index (χ4v) is 2.81. The van der Waals surface area contributed by atoms with E-state index in [1.54, 1.807) is 11.8 Å². The van der Waals surface area contributed by atoms with Gasteiger partial charge in [0.2, 0.25) is 5.89 Å². The largest absolute Gasteiger partial charge is 0.464 e. The van der Waals surface area contributed by atoms with Crippen LogP contribution in [-0.2, 0) is 4.74 Å². The minimum Gasteiger partial charge on any atom is -0.464 e. The maximum Gasteiger partial charge on any atom is 0.318 e. The maximum absolute atomic E-state index is 12.7. The highest BCUT2D eigenvalue weighted by atomic mass is 16.5. The molecule has 2 atom stereocenters. The molecule has 2 amide bonds. The number of carbonyl (C=O) groups is 1. The van der Waals surface area contributed by atoms with Crippen LogP contribution in [0, 0.1) is 19.8 Å². The number of aromatic nitrogens is 2. The van der Waals surface area contributed by atoms with E-state index in [0.717, 1.165) is 11.5 Å². The second-order valence-corrected chi connectivity index (χ2v) is 6.60. The Hall–Kier alpha value is -2.35. The van der Waals surface area contributed by atoms with E-state index in [2.05, 4.69) is 15.5 Å². The van der Waals surface area contributed by atoms with Crippen molar-refractivity contribution >= 4 is 6.03 Å². The summed E-state index contributed by atoms with van der Waals surface area (Å²) in [6, 6.07) is 3.27. The Labute approximate surface area is 146 Å². The first-order chi connectivity index (χ1) is 11.9. The van der Waals surface area contributed by atoms with Gasteiger partial charge in [-0.25, -0.2) is 4.79 Å². The Kier molecular flexibility index (Phi) is 5.08. The predicted octanol–water partition coefficient (Wildman–Crippen LogP) is 2.76. The first-order valence-corrected chi connectivity index (χ1v) is 8.47. The van der Waals surface area contributed by atoms with Crippen molar-refractivity contribution in [2.45, 2.75) is 39.8 Å². The quantitative estimate of drug-likeness (QED) is 0.913. The summed E-state index contributed by atoms with van der Waals surface area (Å²) < 4.78 is 16.6. The zero-order valence-corrected chi connectivity index (χ0v) is 15.0. The van der Waals surface area contributed by atoms with Crippen LogP contribution in [0.25, 0.3) is 0 Å². The molecule has 1 aliphatic rings. The van der Waals surface area contributed by atoms with Crippen molar-refractivity contribution < 1.29 is 18.5 Å². The first-order valence-electron chi connectivity index (χ1n) is 8.47. The van der Waals surface area contributed by atoms with Crippen LogP contribution in [0.3, 0.4) is 0 Å². The molecule has 0 aromatic carbocycles. The Morgan fingerprint density at radius 3 is 2.76 bits per heavy atom. The Balaban J connectivity index is 1.67. The molecule has 0 bridgehead atoms. The summed E-state index contributed by atoms with van der Waals surface area (Å²) in [6.45, 7) is 9.06. The van der Waals surface area contributed by atoms with Gasteiger partial charge >= 0.3 is 6.03 Å². The third-order valence-electron chi connectivity index (χ3n) is 4.19. The number of carbonyl (C=O) groups excluding carboxylic acids is 1. The molecule has 8 heteroatoms. The van der Waals surface area contributed by atoms with Gasteiger partial charge in [-0.2, -0.15) is 4.98 Å². The number of ether oxygens (including phenoxy) is 1. The average molecular weight is 348 g/mol. The Morgan fingerprint density at radius 1 is 1.36 bits per heavy atom. The number of morpholine rings is 1. The number of hydrogen-bond acceptors (Lipinski definition) is 6. The van der Waals surface area contributed by atoms with Gasteiger partial charge in [-0.3, -0.25) is 0 Å².